The highest BCUT2D eigenvalue weighted by atomic mass is 35.5. The maximum atomic E-state index is 13.6. The molecule has 4 aromatic rings. The van der Waals surface area contributed by atoms with Gasteiger partial charge in [-0.05, 0) is 41.5 Å². The van der Waals surface area contributed by atoms with Crippen LogP contribution in [0.3, 0.4) is 0 Å². The third kappa shape index (κ3) is 3.70. The van der Waals surface area contributed by atoms with E-state index in [-0.39, 0.29) is 23.6 Å². The number of nitrogens with zero attached hydrogens (tertiary/aromatic N) is 1. The Morgan fingerprint density at radius 2 is 1.82 bits per heavy atom. The van der Waals surface area contributed by atoms with E-state index in [1.165, 1.54) is 0 Å². The number of para-hydroxylation sites is 1. The minimum absolute atomic E-state index is 0.0631. The molecule has 3 aromatic carbocycles. The van der Waals surface area contributed by atoms with Crippen LogP contribution in [0.25, 0.3) is 11.0 Å². The second kappa shape index (κ2) is 8.60. The maximum Gasteiger partial charge on any atom is 0.291 e. The fourth-order valence-corrected chi connectivity index (χ4v) is 4.41. The predicted molar refractivity (Wildman–Crippen MR) is 128 cm³/mol. The Balaban J connectivity index is 1.70. The van der Waals surface area contributed by atoms with E-state index >= 15 is 0 Å². The van der Waals surface area contributed by atoms with E-state index < -0.39 is 6.04 Å². The normalized spacial score (nSPS) is 15.0. The molecule has 1 amide bonds. The Morgan fingerprint density at radius 3 is 2.64 bits per heavy atom. The van der Waals surface area contributed by atoms with E-state index in [4.69, 9.17) is 20.8 Å². The van der Waals surface area contributed by atoms with Gasteiger partial charge in [0, 0.05) is 11.6 Å². The number of ether oxygens (including phenoxy) is 1. The lowest BCUT2D eigenvalue weighted by Crippen LogP contribution is -2.29. The minimum atomic E-state index is -0.642. The van der Waals surface area contributed by atoms with E-state index in [1.807, 2.05) is 42.5 Å². The van der Waals surface area contributed by atoms with Crippen molar-refractivity contribution in [2.24, 2.45) is 0 Å². The summed E-state index contributed by atoms with van der Waals surface area (Å²) < 4.78 is 11.7. The summed E-state index contributed by atoms with van der Waals surface area (Å²) >= 11 is 6.40. The molecule has 6 heteroatoms. The van der Waals surface area contributed by atoms with Gasteiger partial charge in [-0.15, -0.1) is 0 Å². The lowest BCUT2D eigenvalue weighted by atomic mass is 9.98. The van der Waals surface area contributed by atoms with Gasteiger partial charge in [-0.25, -0.2) is 0 Å². The highest BCUT2D eigenvalue weighted by Crippen LogP contribution is 2.40. The van der Waals surface area contributed by atoms with Crippen molar-refractivity contribution < 1.29 is 13.9 Å². The van der Waals surface area contributed by atoms with Crippen LogP contribution in [0, 0.1) is 0 Å². The predicted octanol–water partition coefficient (Wildman–Crippen LogP) is 5.76. The molecule has 0 fully saturated rings. The highest BCUT2D eigenvalue weighted by Gasteiger charge is 2.43. The third-order valence-corrected chi connectivity index (χ3v) is 6.08. The zero-order valence-corrected chi connectivity index (χ0v) is 18.4. The van der Waals surface area contributed by atoms with Crippen LogP contribution in [0.5, 0.6) is 5.75 Å². The second-order valence-corrected chi connectivity index (χ2v) is 8.18. The molecule has 0 spiro atoms. The molecule has 5 rings (SSSR count). The van der Waals surface area contributed by atoms with Crippen molar-refractivity contribution in [1.29, 1.82) is 0 Å². The smallest absolute Gasteiger partial charge is 0.291 e. The first-order valence-corrected chi connectivity index (χ1v) is 10.9. The number of carbonyl (C=O) groups is 1. The standard InChI is InChI=1S/C27H20ClNO4/c1-2-14-32-19-10-7-9-17(15-19)24-23-25(30)20-11-4-6-13-22(20)33-26(23)27(31)29(24)16-18-8-3-5-12-21(18)28/h2-13,15,24H,1,14,16H2/t24-/m1/s1. The SMILES string of the molecule is C=CCOc1cccc([C@@H]2c3c(oc4ccccc4c3=O)C(=O)N2Cc2ccccc2Cl)c1. The highest BCUT2D eigenvalue weighted by molar-refractivity contribution is 6.31. The van der Waals surface area contributed by atoms with Crippen molar-refractivity contribution in [3.05, 3.63) is 123 Å². The molecule has 1 aliphatic rings. The van der Waals surface area contributed by atoms with Crippen LogP contribution in [-0.4, -0.2) is 17.4 Å². The van der Waals surface area contributed by atoms with E-state index in [2.05, 4.69) is 6.58 Å². The molecule has 0 bridgehead atoms. The molecular weight excluding hydrogens is 438 g/mol. The molecular formula is C27H20ClNO4. The van der Waals surface area contributed by atoms with Crippen LogP contribution in [-0.2, 0) is 6.54 Å². The summed E-state index contributed by atoms with van der Waals surface area (Å²) in [6, 6.07) is 21.0. The molecule has 2 heterocycles. The van der Waals surface area contributed by atoms with E-state index in [1.54, 1.807) is 41.3 Å². The summed E-state index contributed by atoms with van der Waals surface area (Å²) in [5, 5.41) is 0.986. The zero-order chi connectivity index (χ0) is 22.9. The number of amides is 1. The molecule has 0 radical (unpaired) electrons. The zero-order valence-electron chi connectivity index (χ0n) is 17.7. The summed E-state index contributed by atoms with van der Waals surface area (Å²) in [6.07, 6.45) is 1.66. The van der Waals surface area contributed by atoms with Gasteiger partial charge in [-0.2, -0.15) is 0 Å². The first-order valence-electron chi connectivity index (χ1n) is 10.5. The molecule has 0 N–H and O–H groups in total. The van der Waals surface area contributed by atoms with Gasteiger partial charge in [0.25, 0.3) is 5.91 Å². The first-order chi connectivity index (χ1) is 16.1. The van der Waals surface area contributed by atoms with Gasteiger partial charge < -0.3 is 14.1 Å². The molecule has 5 nitrogen and oxygen atoms in total. The van der Waals surface area contributed by atoms with Gasteiger partial charge in [-0.1, -0.05) is 66.7 Å². The molecule has 1 aromatic heterocycles. The first kappa shape index (κ1) is 21.0. The number of fused-ring (bicyclic) bond motifs is 2. The Bertz CT molecular complexity index is 1440. The lowest BCUT2D eigenvalue weighted by Gasteiger charge is -2.26. The molecule has 1 atom stereocenters. The number of carbonyl (C=O) groups excluding carboxylic acids is 1. The van der Waals surface area contributed by atoms with E-state index in [9.17, 15) is 9.59 Å². The molecule has 1 aliphatic heterocycles. The number of halogens is 1. The third-order valence-electron chi connectivity index (χ3n) is 5.71. The van der Waals surface area contributed by atoms with Crippen molar-refractivity contribution in [3.8, 4) is 5.75 Å². The van der Waals surface area contributed by atoms with Crippen LogP contribution >= 0.6 is 11.6 Å². The average Bonchev–Trinajstić information content (AvgIpc) is 3.11. The van der Waals surface area contributed by atoms with Gasteiger partial charge in [0.05, 0.1) is 17.0 Å². The van der Waals surface area contributed by atoms with Crippen molar-refractivity contribution in [1.82, 2.24) is 4.90 Å². The topological polar surface area (TPSA) is 59.8 Å². The van der Waals surface area contributed by atoms with Crippen LogP contribution in [0.15, 0.2) is 94.7 Å². The second-order valence-electron chi connectivity index (χ2n) is 7.77. The molecule has 0 saturated carbocycles. The van der Waals surface area contributed by atoms with Crippen LogP contribution in [0.4, 0.5) is 0 Å². The summed E-state index contributed by atoms with van der Waals surface area (Å²) in [5.41, 5.74) is 2.02. The monoisotopic (exact) mass is 457 g/mol. The van der Waals surface area contributed by atoms with Crippen LogP contribution < -0.4 is 10.2 Å². The van der Waals surface area contributed by atoms with E-state index in [0.29, 0.717) is 33.9 Å². The fraction of sp³-hybridized carbons (Fsp3) is 0.111. The number of rotatable bonds is 6. The van der Waals surface area contributed by atoms with E-state index in [0.717, 1.165) is 11.1 Å². The van der Waals surface area contributed by atoms with Crippen molar-refractivity contribution >= 4 is 28.5 Å². The summed E-state index contributed by atoms with van der Waals surface area (Å²) in [6.45, 7) is 4.25. The average molecular weight is 458 g/mol. The number of benzene rings is 3. The largest absolute Gasteiger partial charge is 0.490 e. The van der Waals surface area contributed by atoms with Gasteiger partial charge >= 0.3 is 0 Å². The fourth-order valence-electron chi connectivity index (χ4n) is 4.22. The lowest BCUT2D eigenvalue weighted by molar-refractivity contribution is 0.0714. The Labute approximate surface area is 195 Å². The van der Waals surface area contributed by atoms with Crippen molar-refractivity contribution in [2.45, 2.75) is 12.6 Å². The van der Waals surface area contributed by atoms with Crippen molar-refractivity contribution in [3.63, 3.8) is 0 Å². The van der Waals surface area contributed by atoms with Crippen molar-refractivity contribution in [2.75, 3.05) is 6.61 Å². The molecule has 33 heavy (non-hydrogen) atoms. The van der Waals surface area contributed by atoms with Gasteiger partial charge in [0.2, 0.25) is 5.76 Å². The molecule has 0 unspecified atom stereocenters. The van der Waals surface area contributed by atoms with Gasteiger partial charge in [0.15, 0.2) is 5.43 Å². The van der Waals surface area contributed by atoms with Crippen LogP contribution in [0.2, 0.25) is 5.02 Å². The summed E-state index contributed by atoms with van der Waals surface area (Å²) in [5.74, 6) is 0.333. The van der Waals surface area contributed by atoms with Crippen LogP contribution in [0.1, 0.15) is 33.3 Å². The van der Waals surface area contributed by atoms with Gasteiger partial charge in [0.1, 0.15) is 17.9 Å². The number of hydrogen-bond acceptors (Lipinski definition) is 4. The Kier molecular flexibility index (Phi) is 5.48. The minimum Gasteiger partial charge on any atom is -0.490 e. The maximum absolute atomic E-state index is 13.6. The molecule has 0 aliphatic carbocycles. The summed E-state index contributed by atoms with van der Waals surface area (Å²) in [4.78, 5) is 28.7. The van der Waals surface area contributed by atoms with Gasteiger partial charge in [-0.3, -0.25) is 9.59 Å². The quantitative estimate of drug-likeness (QED) is 0.345. The Hall–Kier alpha value is -3.83. The molecule has 0 saturated heterocycles. The Morgan fingerprint density at radius 1 is 1.03 bits per heavy atom. The molecule has 164 valence electrons. The number of hydrogen-bond donors (Lipinski definition) is 0. The summed E-state index contributed by atoms with van der Waals surface area (Å²) in [7, 11) is 0.